The maximum Gasteiger partial charge on any atom is 0.330 e. The summed E-state index contributed by atoms with van der Waals surface area (Å²) < 4.78 is 6.39. The summed E-state index contributed by atoms with van der Waals surface area (Å²) in [6.07, 6.45) is 5.16. The normalized spacial score (nSPS) is 25.2. The number of hydrogen-bond acceptors (Lipinski definition) is 5. The van der Waals surface area contributed by atoms with Gasteiger partial charge in [-0.3, -0.25) is 9.59 Å². The van der Waals surface area contributed by atoms with Gasteiger partial charge >= 0.3 is 5.97 Å². The molecule has 0 spiro atoms. The average Bonchev–Trinajstić information content (AvgIpc) is 3.15. The summed E-state index contributed by atoms with van der Waals surface area (Å²) in [4.78, 5) is 38.7. The lowest BCUT2D eigenvalue weighted by Gasteiger charge is -2.43. The number of nitrogens with zero attached hydrogens (tertiary/aromatic N) is 2. The molecule has 1 N–H and O–H groups in total. The highest BCUT2D eigenvalue weighted by atomic mass is 32.2. The molecule has 2 amide bonds. The first-order valence-electron chi connectivity index (χ1n) is 9.35. The fourth-order valence-corrected chi connectivity index (χ4v) is 5.73. The maximum absolute atomic E-state index is 12.6. The van der Waals surface area contributed by atoms with Crippen LogP contribution in [0.1, 0.15) is 19.4 Å². The van der Waals surface area contributed by atoms with E-state index in [2.05, 4.69) is 5.32 Å². The van der Waals surface area contributed by atoms with E-state index in [1.54, 1.807) is 6.08 Å². The van der Waals surface area contributed by atoms with Crippen molar-refractivity contribution in [1.29, 1.82) is 0 Å². The van der Waals surface area contributed by atoms with Crippen LogP contribution in [0.2, 0.25) is 0 Å². The molecule has 152 valence electrons. The Morgan fingerprint density at radius 2 is 2.00 bits per heavy atom. The van der Waals surface area contributed by atoms with Crippen molar-refractivity contribution in [3.8, 4) is 0 Å². The number of rotatable bonds is 4. The number of benzene rings is 1. The smallest absolute Gasteiger partial charge is 0.330 e. The van der Waals surface area contributed by atoms with Gasteiger partial charge in [-0.2, -0.15) is 0 Å². The molecule has 2 aliphatic rings. The lowest BCUT2D eigenvalue weighted by molar-refractivity contribution is -0.162. The van der Waals surface area contributed by atoms with E-state index in [-0.39, 0.29) is 17.2 Å². The van der Waals surface area contributed by atoms with Gasteiger partial charge in [0.05, 0.1) is 7.11 Å². The summed E-state index contributed by atoms with van der Waals surface area (Å²) in [5.74, 6) is -1.02. The third-order valence-corrected chi connectivity index (χ3v) is 7.08. The maximum atomic E-state index is 12.6. The van der Waals surface area contributed by atoms with Crippen LogP contribution in [0.25, 0.3) is 17.0 Å². The monoisotopic (exact) mass is 413 g/mol. The number of thioether (sulfide) groups is 1. The molecule has 3 heterocycles. The van der Waals surface area contributed by atoms with Crippen molar-refractivity contribution in [3.05, 3.63) is 42.1 Å². The fraction of sp³-hybridized carbons (Fsp3) is 0.381. The lowest BCUT2D eigenvalue weighted by Crippen LogP contribution is -2.70. The van der Waals surface area contributed by atoms with E-state index in [1.807, 2.05) is 55.9 Å². The Labute approximate surface area is 173 Å². The third-order valence-electron chi connectivity index (χ3n) is 5.51. The molecule has 0 saturated carbocycles. The van der Waals surface area contributed by atoms with Gasteiger partial charge < -0.3 is 19.5 Å². The molecule has 2 fully saturated rings. The van der Waals surface area contributed by atoms with Crippen molar-refractivity contribution in [2.75, 3.05) is 7.11 Å². The van der Waals surface area contributed by atoms with Crippen LogP contribution in [0.15, 0.2) is 36.5 Å². The summed E-state index contributed by atoms with van der Waals surface area (Å²) in [6, 6.07) is 6.67. The second kappa shape index (κ2) is 6.95. The number of aromatic nitrogens is 1. The van der Waals surface area contributed by atoms with Crippen LogP contribution in [-0.4, -0.2) is 56.6 Å². The Bertz CT molecular complexity index is 1040. The highest BCUT2D eigenvalue weighted by Gasteiger charge is 2.64. The molecular formula is C21H23N3O4S. The van der Waals surface area contributed by atoms with Gasteiger partial charge in [0.2, 0.25) is 11.8 Å². The third kappa shape index (κ3) is 3.11. The number of esters is 1. The largest absolute Gasteiger partial charge is 0.467 e. The number of carbonyl (C=O) groups is 3. The first-order chi connectivity index (χ1) is 13.7. The number of hydrogen-bond donors (Lipinski definition) is 1. The van der Waals surface area contributed by atoms with Crippen LogP contribution in [0.3, 0.4) is 0 Å². The molecule has 4 rings (SSSR count). The first kappa shape index (κ1) is 19.6. The number of amides is 2. The van der Waals surface area contributed by atoms with E-state index < -0.39 is 22.8 Å². The molecule has 0 radical (unpaired) electrons. The molecule has 7 nitrogen and oxygen atoms in total. The van der Waals surface area contributed by atoms with Crippen LogP contribution in [-0.2, 0) is 26.2 Å². The zero-order chi connectivity index (χ0) is 20.9. The Balaban J connectivity index is 1.47. The molecule has 0 unspecified atom stereocenters. The summed E-state index contributed by atoms with van der Waals surface area (Å²) in [7, 11) is 3.27. The van der Waals surface area contributed by atoms with Crippen molar-refractivity contribution in [2.24, 2.45) is 7.05 Å². The van der Waals surface area contributed by atoms with Gasteiger partial charge in [0.25, 0.3) is 0 Å². The topological polar surface area (TPSA) is 80.6 Å². The van der Waals surface area contributed by atoms with E-state index in [0.29, 0.717) is 0 Å². The van der Waals surface area contributed by atoms with Gasteiger partial charge in [0.15, 0.2) is 0 Å². The predicted octanol–water partition coefficient (Wildman–Crippen LogP) is 1.91. The minimum Gasteiger partial charge on any atom is -0.467 e. The number of methoxy groups -OCH3 is 1. The molecule has 0 bridgehead atoms. The van der Waals surface area contributed by atoms with Gasteiger partial charge in [-0.05, 0) is 26.0 Å². The van der Waals surface area contributed by atoms with E-state index >= 15 is 0 Å². The van der Waals surface area contributed by atoms with Crippen LogP contribution >= 0.6 is 11.8 Å². The van der Waals surface area contributed by atoms with Crippen LogP contribution in [0.5, 0.6) is 0 Å². The van der Waals surface area contributed by atoms with Gasteiger partial charge in [0.1, 0.15) is 17.5 Å². The molecule has 3 atom stereocenters. The molecule has 2 aliphatic heterocycles. The second-order valence-electron chi connectivity index (χ2n) is 7.82. The molecule has 29 heavy (non-hydrogen) atoms. The summed E-state index contributed by atoms with van der Waals surface area (Å²) in [5, 5.41) is 3.57. The second-order valence-corrected chi connectivity index (χ2v) is 9.59. The van der Waals surface area contributed by atoms with Crippen molar-refractivity contribution < 1.29 is 19.1 Å². The van der Waals surface area contributed by atoms with Gasteiger partial charge in [0, 0.05) is 40.5 Å². The molecule has 2 aromatic rings. The van der Waals surface area contributed by atoms with Gasteiger partial charge in [-0.1, -0.05) is 18.2 Å². The Hall–Kier alpha value is -2.74. The Morgan fingerprint density at radius 1 is 1.28 bits per heavy atom. The van der Waals surface area contributed by atoms with E-state index in [0.717, 1.165) is 16.5 Å². The highest BCUT2D eigenvalue weighted by molar-refractivity contribution is 8.01. The number of ether oxygens (including phenoxy) is 1. The number of nitrogens with one attached hydrogen (secondary N) is 1. The summed E-state index contributed by atoms with van der Waals surface area (Å²) in [5.41, 5.74) is 2.01. The summed E-state index contributed by atoms with van der Waals surface area (Å²) in [6.45, 7) is 3.81. The van der Waals surface area contributed by atoms with Crippen molar-refractivity contribution in [3.63, 3.8) is 0 Å². The van der Waals surface area contributed by atoms with Gasteiger partial charge in [-0.15, -0.1) is 11.8 Å². The average molecular weight is 413 g/mol. The molecule has 2 saturated heterocycles. The SMILES string of the molecule is COC(=O)[C@@H]1N2C(=O)[C@@H](NC(=O)/C=C/c3cn(C)c4ccccc34)[C@H]2SC1(C)C. The van der Waals surface area contributed by atoms with E-state index in [9.17, 15) is 14.4 Å². The quantitative estimate of drug-likeness (QED) is 0.471. The van der Waals surface area contributed by atoms with E-state index in [1.165, 1.54) is 29.8 Å². The van der Waals surface area contributed by atoms with Crippen molar-refractivity contribution >= 4 is 46.5 Å². The standard InChI is InChI=1S/C21H23N3O4S/c1-21(2)17(20(27)28-4)24-18(26)16(19(24)29-21)22-15(25)10-9-12-11-23(3)14-8-6-5-7-13(12)14/h5-11,16-17,19H,1-4H3,(H,22,25)/b10-9+/t16-,17+,19-/m1/s1. The fourth-order valence-electron chi connectivity index (χ4n) is 4.11. The Morgan fingerprint density at radius 3 is 2.72 bits per heavy atom. The highest BCUT2D eigenvalue weighted by Crippen LogP contribution is 2.51. The zero-order valence-corrected chi connectivity index (χ0v) is 17.5. The minimum atomic E-state index is -0.644. The first-order valence-corrected chi connectivity index (χ1v) is 10.2. The zero-order valence-electron chi connectivity index (χ0n) is 16.7. The van der Waals surface area contributed by atoms with Crippen molar-refractivity contribution in [1.82, 2.24) is 14.8 Å². The molecule has 0 aliphatic carbocycles. The van der Waals surface area contributed by atoms with Crippen molar-refractivity contribution in [2.45, 2.75) is 36.1 Å². The molecule has 8 heteroatoms. The number of para-hydroxylation sites is 1. The number of β-lactam (4-membered cyclic amide) rings is 1. The number of aryl methyl sites for hydroxylation is 1. The molecule has 1 aromatic carbocycles. The number of carbonyl (C=O) groups excluding carboxylic acids is 3. The van der Waals surface area contributed by atoms with Gasteiger partial charge in [-0.25, -0.2) is 4.79 Å². The molecule has 1 aromatic heterocycles. The minimum absolute atomic E-state index is 0.254. The molecular weight excluding hydrogens is 390 g/mol. The van der Waals surface area contributed by atoms with Crippen LogP contribution < -0.4 is 5.32 Å². The lowest BCUT2D eigenvalue weighted by atomic mass is 9.96. The van der Waals surface area contributed by atoms with E-state index in [4.69, 9.17) is 4.74 Å². The number of fused-ring (bicyclic) bond motifs is 2. The van der Waals surface area contributed by atoms with Crippen LogP contribution in [0, 0.1) is 0 Å². The predicted molar refractivity (Wildman–Crippen MR) is 112 cm³/mol. The van der Waals surface area contributed by atoms with Crippen LogP contribution in [0.4, 0.5) is 0 Å². The Kier molecular flexibility index (Phi) is 4.69. The summed E-state index contributed by atoms with van der Waals surface area (Å²) >= 11 is 1.51.